The highest BCUT2D eigenvalue weighted by Crippen LogP contribution is 2.38. The molecule has 3 aliphatic rings. The molecule has 0 bridgehead atoms. The van der Waals surface area contributed by atoms with Gasteiger partial charge in [-0.3, -0.25) is 4.90 Å². The molecule has 3 saturated heterocycles. The Morgan fingerprint density at radius 2 is 1.94 bits per heavy atom. The van der Waals surface area contributed by atoms with Crippen LogP contribution >= 0.6 is 0 Å². The molecule has 1 spiro atoms. The van der Waals surface area contributed by atoms with Crippen LogP contribution in [0.15, 0.2) is 0 Å². The van der Waals surface area contributed by atoms with Crippen LogP contribution in [0.4, 0.5) is 0 Å². The van der Waals surface area contributed by atoms with E-state index in [4.69, 9.17) is 0 Å². The summed E-state index contributed by atoms with van der Waals surface area (Å²) in [4.78, 5) is 5.38. The average Bonchev–Trinajstić information content (AvgIpc) is 2.78. The van der Waals surface area contributed by atoms with Crippen molar-refractivity contribution in [1.29, 1.82) is 0 Å². The van der Waals surface area contributed by atoms with Gasteiger partial charge in [-0.1, -0.05) is 0 Å². The molecule has 104 valence electrons. The number of likely N-dealkylation sites (tertiary alicyclic amines) is 2. The topological polar surface area (TPSA) is 18.5 Å². The van der Waals surface area contributed by atoms with Crippen LogP contribution in [-0.2, 0) is 0 Å². The number of hydrogen-bond donors (Lipinski definition) is 1. The number of rotatable bonds is 2. The van der Waals surface area contributed by atoms with Crippen LogP contribution in [0, 0.1) is 5.92 Å². The molecule has 3 heteroatoms. The van der Waals surface area contributed by atoms with Gasteiger partial charge in [-0.15, -0.1) is 0 Å². The van der Waals surface area contributed by atoms with Crippen LogP contribution in [0.25, 0.3) is 0 Å². The molecule has 0 aromatic rings. The van der Waals surface area contributed by atoms with Gasteiger partial charge >= 0.3 is 0 Å². The van der Waals surface area contributed by atoms with Gasteiger partial charge in [-0.2, -0.15) is 0 Å². The normalized spacial score (nSPS) is 34.2. The average molecular weight is 251 g/mol. The van der Waals surface area contributed by atoms with E-state index in [1.165, 1.54) is 77.8 Å². The second kappa shape index (κ2) is 5.48. The first kappa shape index (κ1) is 12.9. The van der Waals surface area contributed by atoms with Crippen LogP contribution in [0.5, 0.6) is 0 Å². The van der Waals surface area contributed by atoms with Gasteiger partial charge < -0.3 is 10.2 Å². The lowest BCUT2D eigenvalue weighted by atomic mass is 9.84. The smallest absolute Gasteiger partial charge is 0.0234 e. The summed E-state index contributed by atoms with van der Waals surface area (Å²) in [5.74, 6) is 0.911. The predicted molar refractivity (Wildman–Crippen MR) is 75.9 cm³/mol. The third kappa shape index (κ3) is 2.59. The number of nitrogens with one attached hydrogen (secondary N) is 1. The quantitative estimate of drug-likeness (QED) is 0.803. The van der Waals surface area contributed by atoms with Crippen molar-refractivity contribution in [3.8, 4) is 0 Å². The molecule has 1 N–H and O–H groups in total. The first-order valence-corrected chi connectivity index (χ1v) is 7.93. The SMILES string of the molecule is CN1CCC2(CCCN2CC2CCCNC2)CC1. The molecule has 3 nitrogen and oxygen atoms in total. The Morgan fingerprint density at radius 3 is 2.67 bits per heavy atom. The Balaban J connectivity index is 1.60. The molecular weight excluding hydrogens is 222 g/mol. The van der Waals surface area contributed by atoms with E-state index < -0.39 is 0 Å². The van der Waals surface area contributed by atoms with E-state index in [2.05, 4.69) is 22.2 Å². The fraction of sp³-hybridized carbons (Fsp3) is 1.00. The maximum absolute atomic E-state index is 3.57. The summed E-state index contributed by atoms with van der Waals surface area (Å²) in [5, 5.41) is 3.57. The second-order valence-corrected chi connectivity index (χ2v) is 6.79. The van der Waals surface area contributed by atoms with Crippen LogP contribution in [-0.4, -0.2) is 61.7 Å². The largest absolute Gasteiger partial charge is 0.316 e. The van der Waals surface area contributed by atoms with E-state index in [0.29, 0.717) is 5.54 Å². The second-order valence-electron chi connectivity index (χ2n) is 6.79. The molecule has 0 amide bonds. The molecule has 0 radical (unpaired) electrons. The lowest BCUT2D eigenvalue weighted by molar-refractivity contribution is 0.0476. The molecule has 3 rings (SSSR count). The Hall–Kier alpha value is -0.120. The van der Waals surface area contributed by atoms with E-state index in [9.17, 15) is 0 Å². The number of nitrogens with zero attached hydrogens (tertiary/aromatic N) is 2. The third-order valence-corrected chi connectivity index (χ3v) is 5.54. The molecule has 3 aliphatic heterocycles. The van der Waals surface area contributed by atoms with Gasteiger partial charge in [0.2, 0.25) is 0 Å². The highest BCUT2D eigenvalue weighted by Gasteiger charge is 2.42. The molecule has 3 heterocycles. The minimum atomic E-state index is 0.587. The van der Waals surface area contributed by atoms with Crippen molar-refractivity contribution in [2.24, 2.45) is 5.92 Å². The van der Waals surface area contributed by atoms with Crippen molar-refractivity contribution in [3.05, 3.63) is 0 Å². The molecular formula is C15H29N3. The zero-order valence-corrected chi connectivity index (χ0v) is 12.0. The summed E-state index contributed by atoms with van der Waals surface area (Å²) in [6.07, 6.45) is 8.53. The summed E-state index contributed by atoms with van der Waals surface area (Å²) in [6, 6.07) is 0. The Morgan fingerprint density at radius 1 is 1.11 bits per heavy atom. The minimum Gasteiger partial charge on any atom is -0.316 e. The molecule has 0 aromatic heterocycles. The molecule has 3 fully saturated rings. The number of hydrogen-bond acceptors (Lipinski definition) is 3. The highest BCUT2D eigenvalue weighted by molar-refractivity contribution is 4.99. The maximum Gasteiger partial charge on any atom is 0.0234 e. The van der Waals surface area contributed by atoms with Gasteiger partial charge in [0, 0.05) is 12.1 Å². The van der Waals surface area contributed by atoms with Crippen molar-refractivity contribution in [3.63, 3.8) is 0 Å². The van der Waals surface area contributed by atoms with Gasteiger partial charge in [-0.05, 0) is 84.2 Å². The van der Waals surface area contributed by atoms with Gasteiger partial charge in [0.1, 0.15) is 0 Å². The Labute approximate surface area is 112 Å². The van der Waals surface area contributed by atoms with E-state index >= 15 is 0 Å². The predicted octanol–water partition coefficient (Wildman–Crippen LogP) is 1.55. The number of piperidine rings is 2. The zero-order chi connectivity index (χ0) is 12.4. The van der Waals surface area contributed by atoms with Crippen molar-refractivity contribution < 1.29 is 0 Å². The summed E-state index contributed by atoms with van der Waals surface area (Å²) in [6.45, 7) is 7.83. The van der Waals surface area contributed by atoms with Gasteiger partial charge in [0.25, 0.3) is 0 Å². The van der Waals surface area contributed by atoms with E-state index in [0.717, 1.165) is 5.92 Å². The monoisotopic (exact) mass is 251 g/mol. The van der Waals surface area contributed by atoms with Gasteiger partial charge in [-0.25, -0.2) is 0 Å². The highest BCUT2D eigenvalue weighted by atomic mass is 15.2. The van der Waals surface area contributed by atoms with Gasteiger partial charge in [0.15, 0.2) is 0 Å². The van der Waals surface area contributed by atoms with Crippen LogP contribution < -0.4 is 5.32 Å². The Bertz CT molecular complexity index is 265. The summed E-state index contributed by atoms with van der Waals surface area (Å²) in [7, 11) is 2.28. The molecule has 1 atom stereocenters. The molecule has 0 aromatic carbocycles. The lowest BCUT2D eigenvalue weighted by Gasteiger charge is -2.45. The summed E-state index contributed by atoms with van der Waals surface area (Å²) < 4.78 is 0. The third-order valence-electron chi connectivity index (χ3n) is 5.54. The first-order valence-electron chi connectivity index (χ1n) is 7.93. The lowest BCUT2D eigenvalue weighted by Crippen LogP contribution is -2.53. The molecule has 18 heavy (non-hydrogen) atoms. The van der Waals surface area contributed by atoms with E-state index in [-0.39, 0.29) is 0 Å². The Kier molecular flexibility index (Phi) is 3.92. The van der Waals surface area contributed by atoms with Crippen molar-refractivity contribution in [2.45, 2.75) is 44.1 Å². The van der Waals surface area contributed by atoms with Crippen molar-refractivity contribution in [2.75, 3.05) is 46.3 Å². The zero-order valence-electron chi connectivity index (χ0n) is 12.0. The summed E-state index contributed by atoms with van der Waals surface area (Å²) >= 11 is 0. The van der Waals surface area contributed by atoms with Crippen LogP contribution in [0.1, 0.15) is 38.5 Å². The van der Waals surface area contributed by atoms with Crippen molar-refractivity contribution in [1.82, 2.24) is 15.1 Å². The molecule has 0 saturated carbocycles. The molecule has 0 aliphatic carbocycles. The first-order chi connectivity index (χ1) is 8.78. The van der Waals surface area contributed by atoms with E-state index in [1.807, 2.05) is 0 Å². The van der Waals surface area contributed by atoms with Crippen molar-refractivity contribution >= 4 is 0 Å². The minimum absolute atomic E-state index is 0.587. The molecule has 1 unspecified atom stereocenters. The fourth-order valence-electron chi connectivity index (χ4n) is 4.27. The standard InChI is InChI=1S/C15H29N3/c1-17-10-6-15(7-11-17)5-3-9-18(15)13-14-4-2-8-16-12-14/h14,16H,2-13H2,1H3. The maximum atomic E-state index is 3.57. The van der Waals surface area contributed by atoms with Crippen LogP contribution in [0.3, 0.4) is 0 Å². The fourth-order valence-corrected chi connectivity index (χ4v) is 4.27. The van der Waals surface area contributed by atoms with E-state index in [1.54, 1.807) is 0 Å². The summed E-state index contributed by atoms with van der Waals surface area (Å²) in [5.41, 5.74) is 0.587. The van der Waals surface area contributed by atoms with Gasteiger partial charge in [0.05, 0.1) is 0 Å². The van der Waals surface area contributed by atoms with Crippen LogP contribution in [0.2, 0.25) is 0 Å².